The number of carboxylic acid groups (broad SMARTS) is 1. The molecule has 1 aliphatic carbocycles. The Hall–Kier alpha value is -4.13. The zero-order valence-electron chi connectivity index (χ0n) is 18.7. The molecule has 7 heteroatoms. The third-order valence-electron chi connectivity index (χ3n) is 5.98. The molecule has 0 heterocycles. The van der Waals surface area contributed by atoms with Crippen LogP contribution in [-0.2, 0) is 14.3 Å². The Balaban J connectivity index is 1.44. The van der Waals surface area contributed by atoms with Crippen molar-refractivity contribution in [1.82, 2.24) is 10.6 Å². The molecule has 0 fully saturated rings. The summed E-state index contributed by atoms with van der Waals surface area (Å²) in [7, 11) is 0. The van der Waals surface area contributed by atoms with Gasteiger partial charge in [-0.15, -0.1) is 0 Å². The highest BCUT2D eigenvalue weighted by Gasteiger charge is 2.29. The third kappa shape index (κ3) is 5.09. The monoisotopic (exact) mass is 458 g/mol. The molecule has 1 unspecified atom stereocenters. The topological polar surface area (TPSA) is 105 Å². The van der Waals surface area contributed by atoms with Crippen molar-refractivity contribution in [3.63, 3.8) is 0 Å². The number of rotatable bonds is 8. The van der Waals surface area contributed by atoms with E-state index < -0.39 is 30.1 Å². The minimum atomic E-state index is -1.13. The fourth-order valence-electron chi connectivity index (χ4n) is 4.27. The summed E-state index contributed by atoms with van der Waals surface area (Å²) in [5, 5.41) is 14.2. The van der Waals surface area contributed by atoms with Gasteiger partial charge >= 0.3 is 12.1 Å². The van der Waals surface area contributed by atoms with Crippen molar-refractivity contribution in [3.8, 4) is 11.1 Å². The fourth-order valence-corrected chi connectivity index (χ4v) is 4.27. The lowest BCUT2D eigenvalue weighted by atomic mass is 9.98. The van der Waals surface area contributed by atoms with E-state index in [1.807, 2.05) is 42.5 Å². The maximum Gasteiger partial charge on any atom is 0.407 e. The molecule has 0 bridgehead atoms. The lowest BCUT2D eigenvalue weighted by Gasteiger charge is -2.21. The Morgan fingerprint density at radius 1 is 0.853 bits per heavy atom. The molecule has 3 aromatic carbocycles. The Labute approximate surface area is 197 Å². The van der Waals surface area contributed by atoms with Gasteiger partial charge in [-0.05, 0) is 34.7 Å². The SMILES string of the molecule is C[C@@H](NC(=O)CC(NC(=O)OCC1c2ccccc2-c2ccccc21)c1ccccc1)C(=O)O. The predicted octanol–water partition coefficient (Wildman–Crippen LogP) is 4.25. The number of hydrogen-bond acceptors (Lipinski definition) is 4. The van der Waals surface area contributed by atoms with Gasteiger partial charge in [0.25, 0.3) is 0 Å². The number of carbonyl (C=O) groups excluding carboxylic acids is 2. The number of aliphatic carboxylic acids is 1. The molecule has 1 aliphatic rings. The number of amides is 2. The molecule has 0 radical (unpaired) electrons. The van der Waals surface area contributed by atoms with E-state index in [0.717, 1.165) is 22.3 Å². The summed E-state index contributed by atoms with van der Waals surface area (Å²) >= 11 is 0. The Kier molecular flexibility index (Phi) is 6.92. The van der Waals surface area contributed by atoms with Gasteiger partial charge in [-0.25, -0.2) is 4.79 Å². The molecule has 174 valence electrons. The zero-order valence-corrected chi connectivity index (χ0v) is 18.7. The molecule has 2 amide bonds. The first-order valence-corrected chi connectivity index (χ1v) is 11.1. The summed E-state index contributed by atoms with van der Waals surface area (Å²) < 4.78 is 5.62. The predicted molar refractivity (Wildman–Crippen MR) is 127 cm³/mol. The number of carbonyl (C=O) groups is 3. The van der Waals surface area contributed by atoms with Crippen molar-refractivity contribution in [2.45, 2.75) is 31.3 Å². The van der Waals surface area contributed by atoms with Crippen molar-refractivity contribution < 1.29 is 24.2 Å². The maximum atomic E-state index is 12.8. The highest BCUT2D eigenvalue weighted by atomic mass is 16.5. The van der Waals surface area contributed by atoms with Crippen LogP contribution in [0.3, 0.4) is 0 Å². The molecular weight excluding hydrogens is 432 g/mol. The van der Waals surface area contributed by atoms with Crippen LogP contribution in [0.5, 0.6) is 0 Å². The number of fused-ring (bicyclic) bond motifs is 3. The first-order chi connectivity index (χ1) is 16.4. The quantitative estimate of drug-likeness (QED) is 0.468. The Bertz CT molecular complexity index is 1150. The Morgan fingerprint density at radius 3 is 2.00 bits per heavy atom. The highest BCUT2D eigenvalue weighted by molar-refractivity contribution is 5.84. The average molecular weight is 459 g/mol. The number of nitrogens with one attached hydrogen (secondary N) is 2. The highest BCUT2D eigenvalue weighted by Crippen LogP contribution is 2.44. The molecule has 3 N–H and O–H groups in total. The minimum Gasteiger partial charge on any atom is -0.480 e. The van der Waals surface area contributed by atoms with E-state index in [1.165, 1.54) is 6.92 Å². The van der Waals surface area contributed by atoms with E-state index in [4.69, 9.17) is 9.84 Å². The number of ether oxygens (including phenoxy) is 1. The second kappa shape index (κ2) is 10.2. The van der Waals surface area contributed by atoms with Crippen LogP contribution in [0.25, 0.3) is 11.1 Å². The lowest BCUT2D eigenvalue weighted by molar-refractivity contribution is -0.141. The largest absolute Gasteiger partial charge is 0.480 e. The third-order valence-corrected chi connectivity index (χ3v) is 5.98. The fraction of sp³-hybridized carbons (Fsp3) is 0.222. The van der Waals surface area contributed by atoms with Gasteiger partial charge in [-0.1, -0.05) is 78.9 Å². The molecule has 0 aromatic heterocycles. The van der Waals surface area contributed by atoms with Crippen LogP contribution in [0.1, 0.15) is 42.0 Å². The van der Waals surface area contributed by atoms with Crippen LogP contribution in [-0.4, -0.2) is 35.7 Å². The van der Waals surface area contributed by atoms with Crippen molar-refractivity contribution in [1.29, 1.82) is 0 Å². The van der Waals surface area contributed by atoms with Gasteiger partial charge in [0.2, 0.25) is 5.91 Å². The van der Waals surface area contributed by atoms with Crippen LogP contribution >= 0.6 is 0 Å². The van der Waals surface area contributed by atoms with Gasteiger partial charge in [0, 0.05) is 5.92 Å². The van der Waals surface area contributed by atoms with E-state index in [-0.39, 0.29) is 18.9 Å². The summed E-state index contributed by atoms with van der Waals surface area (Å²) in [6.07, 6.45) is -0.763. The summed E-state index contributed by atoms with van der Waals surface area (Å²) in [6, 6.07) is 23.5. The molecule has 7 nitrogen and oxygen atoms in total. The second-order valence-corrected chi connectivity index (χ2v) is 8.26. The summed E-state index contributed by atoms with van der Waals surface area (Å²) in [4.78, 5) is 36.2. The number of alkyl carbamates (subject to hydrolysis) is 1. The average Bonchev–Trinajstić information content (AvgIpc) is 3.16. The van der Waals surface area contributed by atoms with Crippen LogP contribution in [0.2, 0.25) is 0 Å². The van der Waals surface area contributed by atoms with Crippen molar-refractivity contribution >= 4 is 18.0 Å². The van der Waals surface area contributed by atoms with E-state index in [2.05, 4.69) is 22.8 Å². The normalized spacial score (nSPS) is 13.8. The van der Waals surface area contributed by atoms with E-state index in [1.54, 1.807) is 24.3 Å². The molecule has 4 rings (SSSR count). The van der Waals surface area contributed by atoms with Gasteiger partial charge in [-0.2, -0.15) is 0 Å². The Morgan fingerprint density at radius 2 is 1.41 bits per heavy atom. The number of benzene rings is 3. The minimum absolute atomic E-state index is 0.0759. The zero-order chi connectivity index (χ0) is 24.1. The van der Waals surface area contributed by atoms with Gasteiger partial charge in [0.1, 0.15) is 12.6 Å². The summed E-state index contributed by atoms with van der Waals surface area (Å²) in [6.45, 7) is 1.54. The van der Waals surface area contributed by atoms with E-state index >= 15 is 0 Å². The first kappa shape index (κ1) is 23.0. The van der Waals surface area contributed by atoms with Crippen molar-refractivity contribution in [2.24, 2.45) is 0 Å². The standard InChI is InChI=1S/C27H26N2O5/c1-17(26(31)32)28-25(30)15-24(18-9-3-2-4-10-18)29-27(33)34-16-23-21-13-7-5-11-19(21)20-12-6-8-14-22(20)23/h2-14,17,23-24H,15-16H2,1H3,(H,28,30)(H,29,33)(H,31,32)/t17-,24?/m1/s1. The van der Waals surface area contributed by atoms with Crippen LogP contribution in [0, 0.1) is 0 Å². The van der Waals surface area contributed by atoms with Gasteiger partial charge in [0.05, 0.1) is 12.5 Å². The number of carboxylic acids is 1. The first-order valence-electron chi connectivity index (χ1n) is 11.1. The lowest BCUT2D eigenvalue weighted by Crippen LogP contribution is -2.41. The van der Waals surface area contributed by atoms with Gasteiger partial charge in [0.15, 0.2) is 0 Å². The maximum absolute atomic E-state index is 12.8. The molecule has 2 atom stereocenters. The summed E-state index contributed by atoms with van der Waals surface area (Å²) in [5.74, 6) is -1.69. The van der Waals surface area contributed by atoms with Crippen LogP contribution in [0.4, 0.5) is 4.79 Å². The van der Waals surface area contributed by atoms with Crippen LogP contribution < -0.4 is 10.6 Å². The molecule has 0 saturated carbocycles. The molecule has 3 aromatic rings. The second-order valence-electron chi connectivity index (χ2n) is 8.26. The molecular formula is C27H26N2O5. The van der Waals surface area contributed by atoms with Crippen molar-refractivity contribution in [2.75, 3.05) is 6.61 Å². The van der Waals surface area contributed by atoms with Crippen molar-refractivity contribution in [3.05, 3.63) is 95.6 Å². The van der Waals surface area contributed by atoms with E-state index in [0.29, 0.717) is 5.56 Å². The van der Waals surface area contributed by atoms with Gasteiger partial charge in [-0.3, -0.25) is 9.59 Å². The molecule has 34 heavy (non-hydrogen) atoms. The number of hydrogen-bond donors (Lipinski definition) is 3. The van der Waals surface area contributed by atoms with Gasteiger partial charge < -0.3 is 20.5 Å². The molecule has 0 spiro atoms. The molecule has 0 saturated heterocycles. The smallest absolute Gasteiger partial charge is 0.407 e. The molecule has 0 aliphatic heterocycles. The van der Waals surface area contributed by atoms with Crippen LogP contribution in [0.15, 0.2) is 78.9 Å². The van der Waals surface area contributed by atoms with E-state index in [9.17, 15) is 14.4 Å². The summed E-state index contributed by atoms with van der Waals surface area (Å²) in [5.41, 5.74) is 5.21.